The van der Waals surface area contributed by atoms with E-state index in [1.165, 1.54) is 22.7 Å². The highest BCUT2D eigenvalue weighted by atomic mass is 16.2. The third-order valence-electron chi connectivity index (χ3n) is 3.93. The lowest BCUT2D eigenvalue weighted by molar-refractivity contribution is -0.145. The molecule has 1 fully saturated rings. The highest BCUT2D eigenvalue weighted by Crippen LogP contribution is 2.10. The number of carbonyl (C=O) groups is 3. The van der Waals surface area contributed by atoms with E-state index in [4.69, 9.17) is 0 Å². The maximum atomic E-state index is 12.2. The van der Waals surface area contributed by atoms with Crippen LogP contribution < -0.4 is 5.32 Å². The van der Waals surface area contributed by atoms with Crippen molar-refractivity contribution in [1.29, 1.82) is 0 Å². The molecular formula is C16H18N6O3. The molecule has 1 aliphatic rings. The predicted octanol–water partition coefficient (Wildman–Crippen LogP) is -0.103. The van der Waals surface area contributed by atoms with Crippen LogP contribution in [0, 0.1) is 0 Å². The van der Waals surface area contributed by atoms with Crippen molar-refractivity contribution in [2.75, 3.05) is 31.5 Å². The molecule has 1 N–H and O–H groups in total. The van der Waals surface area contributed by atoms with E-state index in [0.29, 0.717) is 37.7 Å². The molecule has 0 saturated carbocycles. The van der Waals surface area contributed by atoms with Crippen LogP contribution >= 0.6 is 0 Å². The molecule has 2 aromatic rings. The highest BCUT2D eigenvalue weighted by molar-refractivity contribution is 6.39. The Balaban J connectivity index is 1.58. The lowest BCUT2D eigenvalue weighted by Crippen LogP contribution is -2.52. The molecule has 0 aliphatic carbocycles. The van der Waals surface area contributed by atoms with Crippen molar-refractivity contribution in [1.82, 2.24) is 24.6 Å². The molecule has 2 aromatic heterocycles. The molecule has 0 atom stereocenters. The van der Waals surface area contributed by atoms with Gasteiger partial charge in [0, 0.05) is 39.3 Å². The number of aromatic nitrogens is 3. The second-order valence-corrected chi connectivity index (χ2v) is 5.61. The number of anilines is 1. The Bertz CT molecular complexity index is 780. The number of nitrogens with one attached hydrogen (secondary N) is 1. The molecule has 9 heteroatoms. The number of hydrogen-bond donors (Lipinski definition) is 1. The van der Waals surface area contributed by atoms with Crippen LogP contribution in [-0.4, -0.2) is 68.5 Å². The van der Waals surface area contributed by atoms with Crippen LogP contribution in [0.2, 0.25) is 0 Å². The third-order valence-corrected chi connectivity index (χ3v) is 3.93. The Hall–Kier alpha value is -3.23. The summed E-state index contributed by atoms with van der Waals surface area (Å²) in [5.74, 6) is -0.765. The van der Waals surface area contributed by atoms with Gasteiger partial charge in [-0.1, -0.05) is 6.07 Å². The number of nitrogens with zero attached hydrogens (tertiary/aromatic N) is 5. The average molecular weight is 342 g/mol. The van der Waals surface area contributed by atoms with Crippen molar-refractivity contribution < 1.29 is 14.4 Å². The van der Waals surface area contributed by atoms with Crippen LogP contribution in [-0.2, 0) is 14.4 Å². The molecule has 25 heavy (non-hydrogen) atoms. The largest absolute Gasteiger partial charge is 0.339 e. The summed E-state index contributed by atoms with van der Waals surface area (Å²) in [6.07, 6.45) is 4.67. The number of hydrogen-bond acceptors (Lipinski definition) is 5. The van der Waals surface area contributed by atoms with Crippen molar-refractivity contribution in [3.63, 3.8) is 0 Å². The minimum Gasteiger partial charge on any atom is -0.339 e. The quantitative estimate of drug-likeness (QED) is 0.768. The van der Waals surface area contributed by atoms with Gasteiger partial charge in [0.05, 0.1) is 18.1 Å². The predicted molar refractivity (Wildman–Crippen MR) is 88.8 cm³/mol. The van der Waals surface area contributed by atoms with Gasteiger partial charge in [0.15, 0.2) is 5.82 Å². The Labute approximate surface area is 144 Å². The standard InChI is InChI=1S/C16H18N6O3/c1-12(23)20-6-8-21(9-7-20)16(25)15(24)19-13-10-18-22(11-13)14-4-2-3-5-17-14/h2-5,10-11H,6-9H2,1H3,(H,19,24). The molecule has 0 bridgehead atoms. The monoisotopic (exact) mass is 342 g/mol. The lowest BCUT2D eigenvalue weighted by atomic mass is 10.3. The maximum absolute atomic E-state index is 12.2. The molecule has 3 amide bonds. The second-order valence-electron chi connectivity index (χ2n) is 5.61. The maximum Gasteiger partial charge on any atom is 0.313 e. The van der Waals surface area contributed by atoms with Crippen molar-refractivity contribution in [3.8, 4) is 5.82 Å². The average Bonchev–Trinajstić information content (AvgIpc) is 3.10. The fourth-order valence-electron chi connectivity index (χ4n) is 2.55. The van der Waals surface area contributed by atoms with E-state index in [9.17, 15) is 14.4 Å². The van der Waals surface area contributed by atoms with E-state index >= 15 is 0 Å². The fraction of sp³-hybridized carbons (Fsp3) is 0.312. The zero-order chi connectivity index (χ0) is 17.8. The van der Waals surface area contributed by atoms with Crippen molar-refractivity contribution in [2.24, 2.45) is 0 Å². The summed E-state index contributed by atoms with van der Waals surface area (Å²) in [6.45, 7) is 3.05. The summed E-state index contributed by atoms with van der Waals surface area (Å²) in [7, 11) is 0. The molecule has 0 radical (unpaired) electrons. The Morgan fingerprint density at radius 2 is 1.80 bits per heavy atom. The fourth-order valence-corrected chi connectivity index (χ4v) is 2.55. The first kappa shape index (κ1) is 16.6. The van der Waals surface area contributed by atoms with Crippen LogP contribution in [0.15, 0.2) is 36.8 Å². The van der Waals surface area contributed by atoms with E-state index in [2.05, 4.69) is 15.4 Å². The van der Waals surface area contributed by atoms with Gasteiger partial charge in [-0.3, -0.25) is 14.4 Å². The van der Waals surface area contributed by atoms with Crippen molar-refractivity contribution in [3.05, 3.63) is 36.8 Å². The molecule has 0 aromatic carbocycles. The lowest BCUT2D eigenvalue weighted by Gasteiger charge is -2.33. The molecule has 0 spiro atoms. The Morgan fingerprint density at radius 1 is 1.08 bits per heavy atom. The van der Waals surface area contributed by atoms with E-state index < -0.39 is 11.8 Å². The molecule has 9 nitrogen and oxygen atoms in total. The van der Waals surface area contributed by atoms with E-state index in [1.54, 1.807) is 29.4 Å². The minimum atomic E-state index is -0.725. The van der Waals surface area contributed by atoms with Gasteiger partial charge in [0.1, 0.15) is 0 Å². The molecule has 3 rings (SSSR count). The van der Waals surface area contributed by atoms with Crippen LogP contribution in [0.25, 0.3) is 5.82 Å². The van der Waals surface area contributed by atoms with Crippen molar-refractivity contribution in [2.45, 2.75) is 6.92 Å². The zero-order valence-electron chi connectivity index (χ0n) is 13.8. The van der Waals surface area contributed by atoms with Crippen LogP contribution in [0.4, 0.5) is 5.69 Å². The van der Waals surface area contributed by atoms with Gasteiger partial charge in [0.2, 0.25) is 5.91 Å². The molecule has 0 unspecified atom stereocenters. The summed E-state index contributed by atoms with van der Waals surface area (Å²) in [5, 5.41) is 6.65. The first-order valence-corrected chi connectivity index (χ1v) is 7.86. The molecule has 130 valence electrons. The van der Waals surface area contributed by atoms with Gasteiger partial charge >= 0.3 is 11.8 Å². The summed E-state index contributed by atoms with van der Waals surface area (Å²) < 4.78 is 1.51. The van der Waals surface area contributed by atoms with E-state index in [0.717, 1.165) is 0 Å². The van der Waals surface area contributed by atoms with E-state index in [-0.39, 0.29) is 5.91 Å². The number of carbonyl (C=O) groups excluding carboxylic acids is 3. The van der Waals surface area contributed by atoms with Gasteiger partial charge in [-0.25, -0.2) is 9.67 Å². The molecule has 3 heterocycles. The molecular weight excluding hydrogens is 324 g/mol. The molecule has 1 saturated heterocycles. The highest BCUT2D eigenvalue weighted by Gasteiger charge is 2.27. The van der Waals surface area contributed by atoms with Crippen LogP contribution in [0.3, 0.4) is 0 Å². The minimum absolute atomic E-state index is 0.0292. The SMILES string of the molecule is CC(=O)N1CCN(C(=O)C(=O)Nc2cnn(-c3ccccn3)c2)CC1. The van der Waals surface area contributed by atoms with Crippen molar-refractivity contribution >= 4 is 23.4 Å². The number of piperazine rings is 1. The normalized spacial score (nSPS) is 14.3. The first-order valence-electron chi connectivity index (χ1n) is 7.86. The second kappa shape index (κ2) is 7.12. The zero-order valence-corrected chi connectivity index (χ0v) is 13.8. The van der Waals surface area contributed by atoms with Gasteiger partial charge in [0.25, 0.3) is 0 Å². The first-order chi connectivity index (χ1) is 12.0. The Kier molecular flexibility index (Phi) is 4.73. The number of pyridine rings is 1. The topological polar surface area (TPSA) is 100 Å². The Morgan fingerprint density at radius 3 is 2.44 bits per heavy atom. The summed E-state index contributed by atoms with van der Waals surface area (Å²) >= 11 is 0. The summed E-state index contributed by atoms with van der Waals surface area (Å²) in [6, 6.07) is 5.39. The number of amides is 3. The van der Waals surface area contributed by atoms with Gasteiger partial charge in [-0.05, 0) is 12.1 Å². The summed E-state index contributed by atoms with van der Waals surface area (Å²) in [4.78, 5) is 42.9. The van der Waals surface area contributed by atoms with Gasteiger partial charge < -0.3 is 15.1 Å². The summed E-state index contributed by atoms with van der Waals surface area (Å²) in [5.41, 5.74) is 0.409. The third kappa shape index (κ3) is 3.82. The van der Waals surface area contributed by atoms with Crippen LogP contribution in [0.5, 0.6) is 0 Å². The van der Waals surface area contributed by atoms with Gasteiger partial charge in [-0.15, -0.1) is 0 Å². The van der Waals surface area contributed by atoms with Gasteiger partial charge in [-0.2, -0.15) is 5.10 Å². The van der Waals surface area contributed by atoms with E-state index in [1.807, 2.05) is 6.07 Å². The number of rotatable bonds is 2. The molecule has 1 aliphatic heterocycles. The van der Waals surface area contributed by atoms with Crippen LogP contribution in [0.1, 0.15) is 6.92 Å². The smallest absolute Gasteiger partial charge is 0.313 e.